The number of rotatable bonds is 3. The Morgan fingerprint density at radius 1 is 1.04 bits per heavy atom. The summed E-state index contributed by atoms with van der Waals surface area (Å²) in [6.45, 7) is 0.963. The molecule has 0 bridgehead atoms. The van der Waals surface area contributed by atoms with Gasteiger partial charge in [-0.1, -0.05) is 31.9 Å². The third-order valence-corrected chi connectivity index (χ3v) is 5.64. The zero-order chi connectivity index (χ0) is 18.1. The fourth-order valence-corrected chi connectivity index (χ4v) is 3.98. The van der Waals surface area contributed by atoms with Crippen LogP contribution in [0.25, 0.3) is 16.9 Å². The lowest BCUT2D eigenvalue weighted by molar-refractivity contribution is 0.416. The Labute approximate surface area is 169 Å². The first-order valence-electron chi connectivity index (χ1n) is 8.63. The number of nitrogens with zero attached hydrogens (tertiary/aromatic N) is 2. The quantitative estimate of drug-likeness (QED) is 0.517. The van der Waals surface area contributed by atoms with Gasteiger partial charge in [0.1, 0.15) is 17.3 Å². The fourth-order valence-electron chi connectivity index (χ4n) is 3.35. The van der Waals surface area contributed by atoms with Gasteiger partial charge in [-0.15, -0.1) is 0 Å². The van der Waals surface area contributed by atoms with Crippen molar-refractivity contribution in [3.63, 3.8) is 0 Å². The molecule has 0 unspecified atom stereocenters. The van der Waals surface area contributed by atoms with Crippen LogP contribution in [0.2, 0.25) is 0 Å². The summed E-state index contributed by atoms with van der Waals surface area (Å²) >= 11 is 7.09. The summed E-state index contributed by atoms with van der Waals surface area (Å²) in [6, 6.07) is 14.3. The van der Waals surface area contributed by atoms with E-state index in [0.29, 0.717) is 0 Å². The van der Waals surface area contributed by atoms with Crippen molar-refractivity contribution in [3.8, 4) is 22.7 Å². The summed E-state index contributed by atoms with van der Waals surface area (Å²) in [4.78, 5) is 0. The molecule has 3 aromatic rings. The van der Waals surface area contributed by atoms with E-state index in [2.05, 4.69) is 55.4 Å². The van der Waals surface area contributed by atoms with Gasteiger partial charge >= 0.3 is 0 Å². The number of halogens is 2. The molecule has 134 valence electrons. The zero-order valence-corrected chi connectivity index (χ0v) is 17.6. The highest BCUT2D eigenvalue weighted by Crippen LogP contribution is 2.39. The molecular formula is C20H19Br2N3O. The number of nitrogens with one attached hydrogen (secondary N) is 1. The molecule has 1 N–H and O–H groups in total. The summed E-state index contributed by atoms with van der Waals surface area (Å²) < 4.78 is 9.70. The average Bonchev–Trinajstić information content (AvgIpc) is 2.84. The van der Waals surface area contributed by atoms with Gasteiger partial charge in [0.25, 0.3) is 0 Å². The van der Waals surface area contributed by atoms with Crippen LogP contribution in [-0.4, -0.2) is 23.4 Å². The van der Waals surface area contributed by atoms with Crippen molar-refractivity contribution < 1.29 is 4.74 Å². The first-order chi connectivity index (χ1) is 12.7. The van der Waals surface area contributed by atoms with Crippen LogP contribution in [0.15, 0.2) is 51.4 Å². The Kier molecular flexibility index (Phi) is 5.05. The van der Waals surface area contributed by atoms with Gasteiger partial charge in [0, 0.05) is 26.6 Å². The van der Waals surface area contributed by atoms with Gasteiger partial charge < -0.3 is 10.1 Å². The maximum atomic E-state index is 5.61. The molecule has 1 aliphatic heterocycles. The number of hydrogen-bond donors (Lipinski definition) is 1. The number of methoxy groups -OCH3 is 1. The minimum Gasteiger partial charge on any atom is -0.496 e. The summed E-state index contributed by atoms with van der Waals surface area (Å²) in [5.41, 5.74) is 4.29. The summed E-state index contributed by atoms with van der Waals surface area (Å²) in [7, 11) is 1.70. The molecule has 26 heavy (non-hydrogen) atoms. The molecule has 4 rings (SSSR count). The predicted octanol–water partition coefficient (Wildman–Crippen LogP) is 5.82. The van der Waals surface area contributed by atoms with Crippen LogP contribution in [0.5, 0.6) is 5.75 Å². The van der Waals surface area contributed by atoms with Crippen molar-refractivity contribution in [2.45, 2.75) is 19.3 Å². The predicted molar refractivity (Wildman–Crippen MR) is 112 cm³/mol. The van der Waals surface area contributed by atoms with Crippen molar-refractivity contribution in [2.75, 3.05) is 19.0 Å². The van der Waals surface area contributed by atoms with Gasteiger partial charge in [-0.05, 0) is 61.7 Å². The summed E-state index contributed by atoms with van der Waals surface area (Å²) in [5, 5.41) is 8.58. The van der Waals surface area contributed by atoms with Crippen LogP contribution in [-0.2, 0) is 6.42 Å². The molecule has 1 aliphatic rings. The second-order valence-electron chi connectivity index (χ2n) is 6.29. The van der Waals surface area contributed by atoms with Crippen molar-refractivity contribution in [1.82, 2.24) is 9.78 Å². The normalized spacial score (nSPS) is 13.7. The van der Waals surface area contributed by atoms with Crippen LogP contribution >= 0.6 is 31.9 Å². The van der Waals surface area contributed by atoms with E-state index in [1.54, 1.807) is 7.11 Å². The lowest BCUT2D eigenvalue weighted by Crippen LogP contribution is -2.07. The largest absolute Gasteiger partial charge is 0.496 e. The van der Waals surface area contributed by atoms with E-state index in [0.717, 1.165) is 63.3 Å². The Bertz CT molecular complexity index is 935. The highest BCUT2D eigenvalue weighted by Gasteiger charge is 2.23. The van der Waals surface area contributed by atoms with Gasteiger partial charge in [0.05, 0.1) is 12.8 Å². The monoisotopic (exact) mass is 475 g/mol. The fraction of sp³-hybridized carbons (Fsp3) is 0.250. The highest BCUT2D eigenvalue weighted by molar-refractivity contribution is 9.10. The number of benzene rings is 2. The Hall–Kier alpha value is -1.79. The first-order valence-corrected chi connectivity index (χ1v) is 10.2. The number of ether oxygens (including phenoxy) is 1. The number of hydrogen-bond acceptors (Lipinski definition) is 3. The zero-order valence-electron chi connectivity index (χ0n) is 14.4. The van der Waals surface area contributed by atoms with Crippen LogP contribution < -0.4 is 10.1 Å². The molecule has 6 heteroatoms. The molecule has 0 aliphatic carbocycles. The molecule has 0 amide bonds. The maximum absolute atomic E-state index is 5.61. The van der Waals surface area contributed by atoms with Crippen molar-refractivity contribution in [1.29, 1.82) is 0 Å². The lowest BCUT2D eigenvalue weighted by atomic mass is 10.0. The van der Waals surface area contributed by atoms with Crippen molar-refractivity contribution >= 4 is 37.7 Å². The van der Waals surface area contributed by atoms with E-state index in [9.17, 15) is 0 Å². The van der Waals surface area contributed by atoms with Gasteiger partial charge in [-0.25, -0.2) is 4.68 Å². The molecule has 0 fully saturated rings. The molecule has 2 aromatic carbocycles. The smallest absolute Gasteiger partial charge is 0.133 e. The highest BCUT2D eigenvalue weighted by atomic mass is 79.9. The minimum absolute atomic E-state index is 0.834. The average molecular weight is 477 g/mol. The van der Waals surface area contributed by atoms with Crippen molar-refractivity contribution in [3.05, 3.63) is 57.0 Å². The lowest BCUT2D eigenvalue weighted by Gasteiger charge is -2.09. The van der Waals surface area contributed by atoms with Crippen LogP contribution in [0.3, 0.4) is 0 Å². The molecule has 2 heterocycles. The van der Waals surface area contributed by atoms with E-state index in [-0.39, 0.29) is 0 Å². The Balaban J connectivity index is 1.93. The molecule has 0 spiro atoms. The number of anilines is 1. The third kappa shape index (κ3) is 3.28. The van der Waals surface area contributed by atoms with E-state index >= 15 is 0 Å². The SMILES string of the molecule is COc1ccc(Br)cc1-c1nn(-c2ccc(Br)cc2)c2c1CCCCN2. The maximum Gasteiger partial charge on any atom is 0.133 e. The van der Waals surface area contributed by atoms with E-state index in [1.165, 1.54) is 5.56 Å². The van der Waals surface area contributed by atoms with Gasteiger partial charge in [-0.3, -0.25) is 0 Å². The Morgan fingerprint density at radius 3 is 2.58 bits per heavy atom. The standard InChI is InChI=1S/C20H19Br2N3O/c1-26-18-10-7-14(22)12-17(18)19-16-4-2-3-11-23-20(16)25(24-19)15-8-5-13(21)6-9-15/h5-10,12,23H,2-4,11H2,1H3. The van der Waals surface area contributed by atoms with E-state index < -0.39 is 0 Å². The van der Waals surface area contributed by atoms with Crippen LogP contribution in [0.4, 0.5) is 5.82 Å². The molecule has 0 saturated heterocycles. The van der Waals surface area contributed by atoms with E-state index in [4.69, 9.17) is 9.84 Å². The van der Waals surface area contributed by atoms with Crippen LogP contribution in [0, 0.1) is 0 Å². The number of aromatic nitrogens is 2. The van der Waals surface area contributed by atoms with Crippen LogP contribution in [0.1, 0.15) is 18.4 Å². The number of fused-ring (bicyclic) bond motifs is 1. The molecule has 0 atom stereocenters. The molecule has 0 saturated carbocycles. The minimum atomic E-state index is 0.834. The third-order valence-electron chi connectivity index (χ3n) is 4.62. The van der Waals surface area contributed by atoms with Gasteiger partial charge in [0.2, 0.25) is 0 Å². The molecule has 1 aromatic heterocycles. The first kappa shape index (κ1) is 17.6. The van der Waals surface area contributed by atoms with E-state index in [1.807, 2.05) is 28.9 Å². The van der Waals surface area contributed by atoms with Gasteiger partial charge in [0.15, 0.2) is 0 Å². The molecular weight excluding hydrogens is 458 g/mol. The second-order valence-corrected chi connectivity index (χ2v) is 8.12. The second kappa shape index (κ2) is 7.45. The summed E-state index contributed by atoms with van der Waals surface area (Å²) in [5.74, 6) is 1.92. The Morgan fingerprint density at radius 2 is 1.81 bits per heavy atom. The molecule has 4 nitrogen and oxygen atoms in total. The van der Waals surface area contributed by atoms with Crippen molar-refractivity contribution in [2.24, 2.45) is 0 Å². The topological polar surface area (TPSA) is 39.1 Å². The summed E-state index contributed by atoms with van der Waals surface area (Å²) in [6.07, 6.45) is 3.31. The van der Waals surface area contributed by atoms with Gasteiger partial charge in [-0.2, -0.15) is 5.10 Å². The molecule has 0 radical (unpaired) electrons.